The first kappa shape index (κ1) is 20.2. The number of nitrogens with zero attached hydrogens (tertiary/aromatic N) is 5. The lowest BCUT2D eigenvalue weighted by molar-refractivity contribution is 0.121. The van der Waals surface area contributed by atoms with Crippen molar-refractivity contribution in [1.82, 2.24) is 15.1 Å². The van der Waals surface area contributed by atoms with Gasteiger partial charge >= 0.3 is 0 Å². The summed E-state index contributed by atoms with van der Waals surface area (Å²) < 4.78 is 14.6. The van der Waals surface area contributed by atoms with Crippen LogP contribution in [-0.4, -0.2) is 40.3 Å². The lowest BCUT2D eigenvalue weighted by Crippen LogP contribution is -2.56. The Morgan fingerprint density at radius 2 is 1.96 bits per heavy atom. The predicted molar refractivity (Wildman–Crippen MR) is 108 cm³/mol. The lowest BCUT2D eigenvalue weighted by Gasteiger charge is -2.45. The van der Waals surface area contributed by atoms with E-state index >= 15 is 0 Å². The SMILES string of the molecule is CC(C)Cc1cc(F)c(C#N)c(N2C[C@@H](C)N(Cc3cccnn3)[C@@H](C)C2)c1. The summed E-state index contributed by atoms with van der Waals surface area (Å²) >= 11 is 0. The second-order valence-corrected chi connectivity index (χ2v) is 8.17. The van der Waals surface area contributed by atoms with Crippen molar-refractivity contribution < 1.29 is 4.39 Å². The first-order valence-electron chi connectivity index (χ1n) is 9.88. The summed E-state index contributed by atoms with van der Waals surface area (Å²) in [6.07, 6.45) is 2.48. The zero-order valence-electron chi connectivity index (χ0n) is 17.1. The van der Waals surface area contributed by atoms with E-state index in [0.29, 0.717) is 5.92 Å². The van der Waals surface area contributed by atoms with E-state index < -0.39 is 5.82 Å². The summed E-state index contributed by atoms with van der Waals surface area (Å²) in [5.74, 6) is 0.0137. The van der Waals surface area contributed by atoms with Crippen LogP contribution >= 0.6 is 0 Å². The molecule has 0 aliphatic carbocycles. The number of aromatic nitrogens is 2. The highest BCUT2D eigenvalue weighted by molar-refractivity contribution is 5.62. The van der Waals surface area contributed by atoms with Crippen LogP contribution in [0.2, 0.25) is 0 Å². The third-order valence-corrected chi connectivity index (χ3v) is 5.30. The van der Waals surface area contributed by atoms with Crippen molar-refractivity contribution in [2.24, 2.45) is 5.92 Å². The highest BCUT2D eigenvalue weighted by atomic mass is 19.1. The summed E-state index contributed by atoms with van der Waals surface area (Å²) in [6, 6.07) is 9.96. The summed E-state index contributed by atoms with van der Waals surface area (Å²) in [7, 11) is 0. The van der Waals surface area contributed by atoms with Crippen molar-refractivity contribution in [2.45, 2.75) is 52.7 Å². The van der Waals surface area contributed by atoms with E-state index in [9.17, 15) is 9.65 Å². The van der Waals surface area contributed by atoms with Crippen molar-refractivity contribution in [3.63, 3.8) is 0 Å². The molecular formula is C22H28FN5. The Balaban J connectivity index is 1.84. The van der Waals surface area contributed by atoms with Gasteiger partial charge in [0.25, 0.3) is 0 Å². The molecule has 1 aromatic carbocycles. The molecule has 6 heteroatoms. The predicted octanol–water partition coefficient (Wildman–Crippen LogP) is 3.79. The van der Waals surface area contributed by atoms with Crippen LogP contribution in [-0.2, 0) is 13.0 Å². The minimum Gasteiger partial charge on any atom is -0.367 e. The molecule has 0 N–H and O–H groups in total. The molecule has 1 aliphatic rings. The van der Waals surface area contributed by atoms with Gasteiger partial charge in [-0.05, 0) is 56.0 Å². The number of hydrogen-bond donors (Lipinski definition) is 0. The molecule has 3 rings (SSSR count). The summed E-state index contributed by atoms with van der Waals surface area (Å²) in [4.78, 5) is 4.55. The molecule has 0 spiro atoms. The molecule has 0 radical (unpaired) electrons. The topological polar surface area (TPSA) is 56.1 Å². The molecule has 0 unspecified atom stereocenters. The Hall–Kier alpha value is -2.52. The van der Waals surface area contributed by atoms with E-state index in [4.69, 9.17) is 0 Å². The van der Waals surface area contributed by atoms with Gasteiger partial charge in [0.1, 0.15) is 17.4 Å². The van der Waals surface area contributed by atoms with Crippen LogP contribution in [0.1, 0.15) is 44.5 Å². The Morgan fingerprint density at radius 3 is 2.54 bits per heavy atom. The number of nitriles is 1. The van der Waals surface area contributed by atoms with Gasteiger partial charge < -0.3 is 4.90 Å². The molecule has 0 bridgehead atoms. The van der Waals surface area contributed by atoms with E-state index in [2.05, 4.69) is 53.8 Å². The largest absolute Gasteiger partial charge is 0.367 e. The molecule has 1 aromatic heterocycles. The first-order valence-corrected chi connectivity index (χ1v) is 9.88. The molecule has 5 nitrogen and oxygen atoms in total. The van der Waals surface area contributed by atoms with Gasteiger partial charge in [0.05, 0.1) is 11.4 Å². The monoisotopic (exact) mass is 381 g/mol. The minimum atomic E-state index is -0.419. The standard InChI is InChI=1S/C22H28FN5/c1-15(2)8-18-9-21(23)20(11-24)22(10-18)27-12-16(3)28(17(4)13-27)14-19-6-5-7-25-26-19/h5-7,9-10,15-17H,8,12-14H2,1-4H3/t16-,17+. The van der Waals surface area contributed by atoms with Gasteiger partial charge in [-0.25, -0.2) is 4.39 Å². The number of hydrogen-bond acceptors (Lipinski definition) is 5. The highest BCUT2D eigenvalue weighted by Gasteiger charge is 2.31. The van der Waals surface area contributed by atoms with E-state index in [1.807, 2.05) is 18.2 Å². The number of anilines is 1. The zero-order valence-corrected chi connectivity index (χ0v) is 17.1. The van der Waals surface area contributed by atoms with Gasteiger partial charge in [0, 0.05) is 37.9 Å². The smallest absolute Gasteiger partial charge is 0.143 e. The summed E-state index contributed by atoms with van der Waals surface area (Å²) in [6.45, 7) is 10.8. The fourth-order valence-corrected chi connectivity index (χ4v) is 4.07. The van der Waals surface area contributed by atoms with Crippen LogP contribution in [0.4, 0.5) is 10.1 Å². The molecule has 148 valence electrons. The minimum absolute atomic E-state index is 0.147. The van der Waals surface area contributed by atoms with Gasteiger partial charge in [0.2, 0.25) is 0 Å². The maximum absolute atomic E-state index is 14.6. The summed E-state index contributed by atoms with van der Waals surface area (Å²) in [5, 5.41) is 17.7. The van der Waals surface area contributed by atoms with Crippen LogP contribution in [0.25, 0.3) is 0 Å². The number of benzene rings is 1. The third-order valence-electron chi connectivity index (χ3n) is 5.30. The quantitative estimate of drug-likeness (QED) is 0.789. The van der Waals surface area contributed by atoms with E-state index in [1.54, 1.807) is 6.20 Å². The van der Waals surface area contributed by atoms with Gasteiger partial charge in [-0.3, -0.25) is 4.90 Å². The molecule has 1 aliphatic heterocycles. The van der Waals surface area contributed by atoms with Crippen LogP contribution in [0.3, 0.4) is 0 Å². The molecule has 2 atom stereocenters. The van der Waals surface area contributed by atoms with Crippen LogP contribution < -0.4 is 4.90 Å². The molecule has 0 amide bonds. The fourth-order valence-electron chi connectivity index (χ4n) is 4.07. The Kier molecular flexibility index (Phi) is 6.25. The van der Waals surface area contributed by atoms with E-state index in [0.717, 1.165) is 43.0 Å². The summed E-state index contributed by atoms with van der Waals surface area (Å²) in [5.41, 5.74) is 2.76. The molecule has 1 fully saturated rings. The van der Waals surface area contributed by atoms with Crippen molar-refractivity contribution in [1.29, 1.82) is 5.26 Å². The Morgan fingerprint density at radius 1 is 1.25 bits per heavy atom. The van der Waals surface area contributed by atoms with Gasteiger partial charge in [-0.1, -0.05) is 13.8 Å². The maximum atomic E-state index is 14.6. The van der Waals surface area contributed by atoms with E-state index in [-0.39, 0.29) is 17.6 Å². The molecular weight excluding hydrogens is 353 g/mol. The number of halogens is 1. The molecule has 2 heterocycles. The van der Waals surface area contributed by atoms with Gasteiger partial charge in [0.15, 0.2) is 0 Å². The number of piperazine rings is 1. The van der Waals surface area contributed by atoms with Crippen molar-refractivity contribution >= 4 is 5.69 Å². The second-order valence-electron chi connectivity index (χ2n) is 8.17. The van der Waals surface area contributed by atoms with Gasteiger partial charge in [-0.2, -0.15) is 15.5 Å². The third kappa shape index (κ3) is 4.48. The molecule has 0 saturated carbocycles. The van der Waals surface area contributed by atoms with Gasteiger partial charge in [-0.15, -0.1) is 0 Å². The van der Waals surface area contributed by atoms with Crippen LogP contribution in [0.5, 0.6) is 0 Å². The maximum Gasteiger partial charge on any atom is 0.143 e. The Labute approximate surface area is 166 Å². The fraction of sp³-hybridized carbons (Fsp3) is 0.500. The van der Waals surface area contributed by atoms with Crippen molar-refractivity contribution in [3.05, 3.63) is 53.1 Å². The Bertz CT molecular complexity index is 834. The van der Waals surface area contributed by atoms with Crippen LogP contribution in [0.15, 0.2) is 30.5 Å². The molecule has 28 heavy (non-hydrogen) atoms. The van der Waals surface area contributed by atoms with Crippen LogP contribution in [0, 0.1) is 23.1 Å². The molecule has 1 saturated heterocycles. The van der Waals surface area contributed by atoms with E-state index in [1.165, 1.54) is 6.07 Å². The average Bonchev–Trinajstić information content (AvgIpc) is 2.64. The number of rotatable bonds is 5. The van der Waals surface area contributed by atoms with Crippen molar-refractivity contribution in [2.75, 3.05) is 18.0 Å². The average molecular weight is 381 g/mol. The van der Waals surface area contributed by atoms with Crippen molar-refractivity contribution in [3.8, 4) is 6.07 Å². The first-order chi connectivity index (χ1) is 13.4. The zero-order chi connectivity index (χ0) is 20.3. The highest BCUT2D eigenvalue weighted by Crippen LogP contribution is 2.30. The normalized spacial score (nSPS) is 20.4. The second kappa shape index (κ2) is 8.66. The molecule has 2 aromatic rings. The lowest BCUT2D eigenvalue weighted by atomic mass is 9.98.